The summed E-state index contributed by atoms with van der Waals surface area (Å²) in [7, 11) is 1.81. The quantitative estimate of drug-likeness (QED) is 0.892. The summed E-state index contributed by atoms with van der Waals surface area (Å²) in [4.78, 5) is 25.5. The van der Waals surface area contributed by atoms with Gasteiger partial charge in [0.2, 0.25) is 5.91 Å². The maximum Gasteiger partial charge on any atom is 0.269 e. The van der Waals surface area contributed by atoms with Crippen LogP contribution in [0.3, 0.4) is 0 Å². The molecule has 0 unspecified atom stereocenters. The first-order valence-electron chi connectivity index (χ1n) is 8.29. The molecule has 126 valence electrons. The summed E-state index contributed by atoms with van der Waals surface area (Å²) in [6, 6.07) is 5.59. The first kappa shape index (κ1) is 15.4. The van der Waals surface area contributed by atoms with Gasteiger partial charge >= 0.3 is 0 Å². The van der Waals surface area contributed by atoms with Gasteiger partial charge in [0.15, 0.2) is 0 Å². The Hall–Kier alpha value is -2.15. The Morgan fingerprint density at radius 2 is 2.25 bits per heavy atom. The maximum absolute atomic E-state index is 12.7. The second-order valence-corrected chi connectivity index (χ2v) is 7.51. The number of aromatic nitrogens is 2. The number of carbonyl (C=O) groups excluding carboxylic acids is 2. The highest BCUT2D eigenvalue weighted by molar-refractivity contribution is 7.10. The third kappa shape index (κ3) is 2.96. The number of rotatable bonds is 4. The number of nitrogens with zero attached hydrogens (tertiary/aromatic N) is 2. The summed E-state index contributed by atoms with van der Waals surface area (Å²) >= 11 is 1.59. The molecule has 2 N–H and O–H groups in total. The molecule has 24 heavy (non-hydrogen) atoms. The van der Waals surface area contributed by atoms with Gasteiger partial charge in [0.25, 0.3) is 5.91 Å². The topological polar surface area (TPSA) is 76.0 Å². The lowest BCUT2D eigenvalue weighted by molar-refractivity contribution is -0.123. The van der Waals surface area contributed by atoms with E-state index in [-0.39, 0.29) is 23.9 Å². The number of hydrogen-bond acceptors (Lipinski definition) is 4. The maximum atomic E-state index is 12.7. The molecule has 2 aromatic heterocycles. The number of hydrogen-bond donors (Lipinski definition) is 2. The molecule has 0 bridgehead atoms. The van der Waals surface area contributed by atoms with Gasteiger partial charge in [0.05, 0.1) is 17.8 Å². The average Bonchev–Trinajstić information content (AvgIpc) is 3.12. The van der Waals surface area contributed by atoms with Gasteiger partial charge in [-0.15, -0.1) is 11.3 Å². The second kappa shape index (κ2) is 6.05. The van der Waals surface area contributed by atoms with Gasteiger partial charge in [-0.3, -0.25) is 14.3 Å². The molecule has 0 radical (unpaired) electrons. The predicted octanol–water partition coefficient (Wildman–Crippen LogP) is 2.11. The van der Waals surface area contributed by atoms with E-state index >= 15 is 0 Å². The summed E-state index contributed by atoms with van der Waals surface area (Å²) < 4.78 is 1.66. The third-order valence-corrected chi connectivity index (χ3v) is 5.65. The van der Waals surface area contributed by atoms with E-state index < -0.39 is 0 Å². The van der Waals surface area contributed by atoms with Gasteiger partial charge in [0.1, 0.15) is 5.69 Å². The van der Waals surface area contributed by atoms with Crippen LogP contribution in [0.1, 0.15) is 58.7 Å². The van der Waals surface area contributed by atoms with Crippen molar-refractivity contribution >= 4 is 23.2 Å². The molecule has 2 atom stereocenters. The molecular formula is C17H20N4O2S. The number of carbonyl (C=O) groups is 2. The fourth-order valence-corrected chi connectivity index (χ4v) is 4.06. The Labute approximate surface area is 144 Å². The van der Waals surface area contributed by atoms with Crippen molar-refractivity contribution in [3.05, 3.63) is 39.8 Å². The van der Waals surface area contributed by atoms with Crippen LogP contribution < -0.4 is 10.6 Å². The average molecular weight is 344 g/mol. The monoisotopic (exact) mass is 344 g/mol. The van der Waals surface area contributed by atoms with Crippen LogP contribution in [0.25, 0.3) is 0 Å². The molecule has 1 saturated carbocycles. The van der Waals surface area contributed by atoms with Crippen LogP contribution in [-0.2, 0) is 11.8 Å². The molecule has 6 nitrogen and oxygen atoms in total. The highest BCUT2D eigenvalue weighted by Crippen LogP contribution is 2.39. The predicted molar refractivity (Wildman–Crippen MR) is 90.9 cm³/mol. The summed E-state index contributed by atoms with van der Waals surface area (Å²) in [5.74, 6) is 0.431. The van der Waals surface area contributed by atoms with Gasteiger partial charge in [-0.25, -0.2) is 0 Å². The minimum absolute atomic E-state index is 0.0375. The van der Waals surface area contributed by atoms with Crippen molar-refractivity contribution in [1.82, 2.24) is 20.4 Å². The van der Waals surface area contributed by atoms with Crippen molar-refractivity contribution in [2.45, 2.75) is 43.7 Å². The van der Waals surface area contributed by atoms with Gasteiger partial charge in [0, 0.05) is 24.3 Å². The van der Waals surface area contributed by atoms with E-state index in [2.05, 4.69) is 15.7 Å². The van der Waals surface area contributed by atoms with E-state index in [4.69, 9.17) is 0 Å². The Kier molecular flexibility index (Phi) is 3.88. The molecule has 2 aliphatic rings. The van der Waals surface area contributed by atoms with Crippen molar-refractivity contribution in [2.24, 2.45) is 7.05 Å². The van der Waals surface area contributed by atoms with Crippen molar-refractivity contribution in [3.63, 3.8) is 0 Å². The number of nitrogens with one attached hydrogen (secondary N) is 2. The number of amides is 2. The van der Waals surface area contributed by atoms with Gasteiger partial charge < -0.3 is 10.6 Å². The first-order chi connectivity index (χ1) is 11.6. The zero-order valence-electron chi connectivity index (χ0n) is 13.5. The lowest BCUT2D eigenvalue weighted by Crippen LogP contribution is -2.50. The van der Waals surface area contributed by atoms with Crippen LogP contribution in [0.2, 0.25) is 0 Å². The highest BCUT2D eigenvalue weighted by Gasteiger charge is 2.33. The minimum atomic E-state index is -0.161. The summed E-state index contributed by atoms with van der Waals surface area (Å²) in [6.07, 6.45) is 3.40. The van der Waals surface area contributed by atoms with Crippen LogP contribution >= 0.6 is 11.3 Å². The van der Waals surface area contributed by atoms with E-state index in [1.165, 1.54) is 0 Å². The molecule has 3 heterocycles. The second-order valence-electron chi connectivity index (χ2n) is 6.53. The van der Waals surface area contributed by atoms with Crippen LogP contribution in [0.15, 0.2) is 23.6 Å². The van der Waals surface area contributed by atoms with Crippen LogP contribution in [0.5, 0.6) is 0 Å². The van der Waals surface area contributed by atoms with Gasteiger partial charge in [-0.1, -0.05) is 6.07 Å². The smallest absolute Gasteiger partial charge is 0.269 e. The number of aryl methyl sites for hydroxylation is 1. The molecule has 2 aromatic rings. The molecule has 1 aliphatic carbocycles. The third-order valence-electron chi connectivity index (χ3n) is 4.69. The lowest BCUT2D eigenvalue weighted by atomic mass is 9.96. The van der Waals surface area contributed by atoms with E-state index in [1.807, 2.05) is 23.6 Å². The first-order valence-corrected chi connectivity index (χ1v) is 9.17. The Morgan fingerprint density at radius 3 is 2.96 bits per heavy atom. The van der Waals surface area contributed by atoms with Crippen molar-refractivity contribution in [2.75, 3.05) is 0 Å². The highest BCUT2D eigenvalue weighted by atomic mass is 32.1. The molecule has 7 heteroatoms. The molecule has 4 rings (SSSR count). The van der Waals surface area contributed by atoms with Gasteiger partial charge in [-0.2, -0.15) is 5.10 Å². The standard InChI is InChI=1S/C17H20N4O2S/c1-21-13(9-12(20-21)10-4-5-10)17(23)18-11-6-7-15(22)19-16(11)14-3-2-8-24-14/h2-3,8-11,16H,4-7H2,1H3,(H,18,23)(H,19,22)/t11-,16-/m1/s1. The Balaban J connectivity index is 1.52. The summed E-state index contributed by atoms with van der Waals surface area (Å²) in [5.41, 5.74) is 1.59. The van der Waals surface area contributed by atoms with E-state index in [1.54, 1.807) is 23.1 Å². The summed E-state index contributed by atoms with van der Waals surface area (Å²) in [6.45, 7) is 0. The molecule has 0 spiro atoms. The molecule has 2 amide bonds. The zero-order chi connectivity index (χ0) is 16.7. The minimum Gasteiger partial charge on any atom is -0.346 e. The van der Waals surface area contributed by atoms with Crippen LogP contribution in [0.4, 0.5) is 0 Å². The summed E-state index contributed by atoms with van der Waals surface area (Å²) in [5, 5.41) is 12.5. The number of piperidine rings is 1. The SMILES string of the molecule is Cn1nc(C2CC2)cc1C(=O)N[C@@H]1CCC(=O)N[C@H]1c1cccs1. The van der Waals surface area contributed by atoms with Crippen molar-refractivity contribution in [3.8, 4) is 0 Å². The van der Waals surface area contributed by atoms with Crippen LogP contribution in [0, 0.1) is 0 Å². The lowest BCUT2D eigenvalue weighted by Gasteiger charge is -2.32. The van der Waals surface area contributed by atoms with Crippen molar-refractivity contribution < 1.29 is 9.59 Å². The Morgan fingerprint density at radius 1 is 1.42 bits per heavy atom. The van der Waals surface area contributed by atoms with Crippen LogP contribution in [-0.4, -0.2) is 27.6 Å². The zero-order valence-corrected chi connectivity index (χ0v) is 14.3. The molecule has 1 aliphatic heterocycles. The molecule has 2 fully saturated rings. The molecular weight excluding hydrogens is 324 g/mol. The largest absolute Gasteiger partial charge is 0.346 e. The Bertz CT molecular complexity index is 764. The van der Waals surface area contributed by atoms with E-state index in [0.29, 0.717) is 24.5 Å². The van der Waals surface area contributed by atoms with Gasteiger partial charge in [-0.05, 0) is 36.8 Å². The normalized spacial score (nSPS) is 23.8. The molecule has 1 saturated heterocycles. The van der Waals surface area contributed by atoms with Crippen molar-refractivity contribution in [1.29, 1.82) is 0 Å². The number of thiophene rings is 1. The van der Waals surface area contributed by atoms with E-state index in [0.717, 1.165) is 23.4 Å². The van der Waals surface area contributed by atoms with E-state index in [9.17, 15) is 9.59 Å². The fraction of sp³-hybridized carbons (Fsp3) is 0.471. The fourth-order valence-electron chi connectivity index (χ4n) is 3.22. The molecule has 0 aromatic carbocycles.